The van der Waals surface area contributed by atoms with E-state index in [4.69, 9.17) is 4.74 Å². The van der Waals surface area contributed by atoms with Crippen molar-refractivity contribution >= 4 is 34.3 Å². The van der Waals surface area contributed by atoms with Crippen LogP contribution in [0.2, 0.25) is 0 Å². The average Bonchev–Trinajstić information content (AvgIpc) is 2.95. The number of unbranched alkanes of at least 4 members (excludes halogenated alkanes) is 9. The van der Waals surface area contributed by atoms with Gasteiger partial charge in [0.05, 0.1) is 11.2 Å². The van der Waals surface area contributed by atoms with Gasteiger partial charge in [-0.25, -0.2) is 18.0 Å². The Bertz CT molecular complexity index is 1150. The summed E-state index contributed by atoms with van der Waals surface area (Å²) in [5, 5.41) is 14.8. The quantitative estimate of drug-likeness (QED) is 0.0454. The summed E-state index contributed by atoms with van der Waals surface area (Å²) in [7, 11) is -3.77. The number of carbonyl (C=O) groups is 3. The van der Waals surface area contributed by atoms with Crippen molar-refractivity contribution in [2.45, 2.75) is 141 Å². The summed E-state index contributed by atoms with van der Waals surface area (Å²) in [4.78, 5) is 43.8. The number of carboxylic acid groups (broad SMARTS) is 1. The second-order valence-electron chi connectivity index (χ2n) is 12.3. The number of ether oxygens (including phenoxy) is 1. The Hall–Kier alpha value is -3.19. The van der Waals surface area contributed by atoms with Crippen LogP contribution in [0.5, 0.6) is 0 Å². The first kappa shape index (κ1) is 39.8. The molecule has 0 bridgehead atoms. The number of nitrogens with one attached hydrogen (secondary N) is 4. The van der Waals surface area contributed by atoms with Crippen LogP contribution in [0.3, 0.4) is 0 Å². The molecule has 0 radical (unpaired) electrons. The largest absolute Gasteiger partial charge is 0.480 e. The molecule has 0 aromatic heterocycles. The van der Waals surface area contributed by atoms with Gasteiger partial charge in [0.15, 0.2) is 0 Å². The highest BCUT2D eigenvalue weighted by Gasteiger charge is 2.28. The van der Waals surface area contributed by atoms with Crippen molar-refractivity contribution < 1.29 is 32.6 Å². The molecule has 12 nitrogen and oxygen atoms in total. The van der Waals surface area contributed by atoms with Crippen LogP contribution in [0.25, 0.3) is 0 Å². The van der Waals surface area contributed by atoms with E-state index in [-0.39, 0.29) is 17.9 Å². The molecule has 13 heteroatoms. The van der Waals surface area contributed by atoms with Gasteiger partial charge in [-0.2, -0.15) is 0 Å². The van der Waals surface area contributed by atoms with Crippen LogP contribution in [0.1, 0.15) is 117 Å². The van der Waals surface area contributed by atoms with Crippen molar-refractivity contribution in [3.8, 4) is 0 Å². The minimum atomic E-state index is -3.77. The number of benzene rings is 1. The van der Waals surface area contributed by atoms with Crippen LogP contribution >= 0.6 is 0 Å². The number of sulfonamides is 1. The second kappa shape index (κ2) is 21.5. The number of hydrogen-bond donors (Lipinski definition) is 5. The van der Waals surface area contributed by atoms with Crippen molar-refractivity contribution in [1.29, 1.82) is 0 Å². The van der Waals surface area contributed by atoms with Crippen LogP contribution in [-0.2, 0) is 24.3 Å². The number of alkyl carbamates (subject to hydrolysis) is 1. The summed E-state index contributed by atoms with van der Waals surface area (Å²) in [5.74, 6) is -1.74. The number of amides is 2. The minimum absolute atomic E-state index is 0.101. The number of nitrogens with zero attached hydrogens (tertiary/aromatic N) is 1. The fourth-order valence-corrected chi connectivity index (χ4v) is 5.28. The van der Waals surface area contributed by atoms with Crippen LogP contribution in [0, 0.1) is 6.92 Å². The highest BCUT2D eigenvalue weighted by molar-refractivity contribution is 7.89. The molecule has 0 spiro atoms. The van der Waals surface area contributed by atoms with Crippen LogP contribution in [-0.4, -0.2) is 62.1 Å². The number of aryl methyl sites for hydroxylation is 1. The minimum Gasteiger partial charge on any atom is -0.480 e. The standard InChI is InChI=1S/C32H55N5O7S/c1-6-7-8-9-10-11-12-13-14-15-17-28(30(39)40)35-29(38)27(36-31(41)44-32(3,4)5)18-16-23-33-24-34-37-45(42,43)26-21-19-25(2)20-22-26/h19-22,24,27-28,37H,6-18,23H2,1-5H3,(H,33,34)(H,35,38)(H,36,41)(H,39,40)/t27-,28+/m1/s1. The van der Waals surface area contributed by atoms with Crippen molar-refractivity contribution in [3.63, 3.8) is 0 Å². The fourth-order valence-electron chi connectivity index (χ4n) is 4.46. The number of hydrogen-bond acceptors (Lipinski definition) is 7. The molecule has 2 amide bonds. The zero-order valence-corrected chi connectivity index (χ0v) is 28.5. The molecule has 0 heterocycles. The van der Waals surface area contributed by atoms with E-state index in [0.717, 1.165) is 24.8 Å². The molecular formula is C32H55N5O7S. The van der Waals surface area contributed by atoms with Crippen molar-refractivity contribution in [2.24, 2.45) is 4.99 Å². The topological polar surface area (TPSA) is 175 Å². The summed E-state index contributed by atoms with van der Waals surface area (Å²) in [6.07, 6.45) is 12.4. The molecule has 0 aliphatic carbocycles. The Balaban J connectivity index is 2.59. The first-order valence-corrected chi connectivity index (χ1v) is 17.6. The molecule has 2 atom stereocenters. The summed E-state index contributed by atoms with van der Waals surface area (Å²) >= 11 is 0. The van der Waals surface area contributed by atoms with Crippen LogP contribution in [0.4, 0.5) is 4.79 Å². The fraction of sp³-hybridized carbons (Fsp3) is 0.688. The van der Waals surface area contributed by atoms with Crippen LogP contribution in [0.15, 0.2) is 34.2 Å². The monoisotopic (exact) mass is 653 g/mol. The van der Waals surface area contributed by atoms with Gasteiger partial charge in [0.1, 0.15) is 17.7 Å². The maximum absolute atomic E-state index is 13.1. The van der Waals surface area contributed by atoms with Crippen LogP contribution < -0.4 is 20.9 Å². The predicted octanol–water partition coefficient (Wildman–Crippen LogP) is 5.36. The summed E-state index contributed by atoms with van der Waals surface area (Å²) in [5.41, 5.74) is 2.58. The molecule has 256 valence electrons. The van der Waals surface area contributed by atoms with E-state index in [1.165, 1.54) is 57.0 Å². The number of aliphatic imine (C=N–C) groups is 1. The zero-order chi connectivity index (χ0) is 33.7. The van der Waals surface area contributed by atoms with E-state index in [2.05, 4.69) is 32.8 Å². The third kappa shape index (κ3) is 19.0. The molecule has 0 fully saturated rings. The zero-order valence-electron chi connectivity index (χ0n) is 27.7. The summed E-state index contributed by atoms with van der Waals surface area (Å²) in [6.45, 7) is 9.36. The molecule has 0 aliphatic heterocycles. The van der Waals surface area contributed by atoms with Gasteiger partial charge >= 0.3 is 12.1 Å². The van der Waals surface area contributed by atoms with Gasteiger partial charge in [-0.1, -0.05) is 88.8 Å². The van der Waals surface area contributed by atoms with E-state index in [9.17, 15) is 27.9 Å². The Morgan fingerprint density at radius 2 is 1.42 bits per heavy atom. The van der Waals surface area contributed by atoms with Gasteiger partial charge < -0.3 is 20.5 Å². The Kier molecular flexibility index (Phi) is 19.1. The summed E-state index contributed by atoms with van der Waals surface area (Å²) in [6, 6.07) is 4.25. The van der Waals surface area contributed by atoms with Gasteiger partial charge in [0.2, 0.25) is 5.91 Å². The molecule has 5 N–H and O–H groups in total. The lowest BCUT2D eigenvalue weighted by atomic mass is 10.0. The molecule has 45 heavy (non-hydrogen) atoms. The molecular weight excluding hydrogens is 598 g/mol. The van der Waals surface area contributed by atoms with Gasteiger partial charge in [-0.3, -0.25) is 15.2 Å². The van der Waals surface area contributed by atoms with Crippen molar-refractivity contribution in [1.82, 2.24) is 20.9 Å². The number of hydrazine groups is 1. The lowest BCUT2D eigenvalue weighted by Crippen LogP contribution is -2.52. The maximum Gasteiger partial charge on any atom is 0.408 e. The van der Waals surface area contributed by atoms with E-state index in [1.54, 1.807) is 32.9 Å². The van der Waals surface area contributed by atoms with Gasteiger partial charge in [-0.15, -0.1) is 4.83 Å². The number of carboxylic acids is 1. The molecule has 1 rings (SSSR count). The van der Waals surface area contributed by atoms with E-state index in [1.807, 2.05) is 6.92 Å². The number of rotatable bonds is 23. The molecule has 0 saturated heterocycles. The normalized spacial score (nSPS) is 13.3. The highest BCUT2D eigenvalue weighted by Crippen LogP contribution is 2.13. The van der Waals surface area contributed by atoms with E-state index >= 15 is 0 Å². The third-order valence-electron chi connectivity index (χ3n) is 6.93. The molecule has 0 saturated carbocycles. The maximum atomic E-state index is 13.1. The molecule has 0 aliphatic rings. The first-order valence-electron chi connectivity index (χ1n) is 16.1. The van der Waals surface area contributed by atoms with Crippen molar-refractivity contribution in [2.75, 3.05) is 6.54 Å². The first-order chi connectivity index (χ1) is 21.2. The number of carbonyl (C=O) groups excluding carboxylic acids is 2. The molecule has 0 unspecified atom stereocenters. The SMILES string of the molecule is CCCCCCCCCCCC[C@H](NC(=O)[C@@H](CCCN=CNNS(=O)(=O)c1ccc(C)cc1)NC(=O)OC(C)(C)C)C(=O)O. The predicted molar refractivity (Wildman–Crippen MR) is 176 cm³/mol. The Labute approximate surface area is 269 Å². The smallest absolute Gasteiger partial charge is 0.408 e. The van der Waals surface area contributed by atoms with E-state index < -0.39 is 45.7 Å². The summed E-state index contributed by atoms with van der Waals surface area (Å²) < 4.78 is 29.9. The highest BCUT2D eigenvalue weighted by atomic mass is 32.2. The van der Waals surface area contributed by atoms with Crippen molar-refractivity contribution in [3.05, 3.63) is 29.8 Å². The number of aliphatic carboxylic acids is 1. The Morgan fingerprint density at radius 1 is 0.867 bits per heavy atom. The average molecular weight is 654 g/mol. The molecule has 1 aromatic rings. The van der Waals surface area contributed by atoms with Gasteiger partial charge in [0.25, 0.3) is 10.0 Å². The third-order valence-corrected chi connectivity index (χ3v) is 8.21. The Morgan fingerprint density at radius 3 is 1.98 bits per heavy atom. The molecule has 1 aromatic carbocycles. The lowest BCUT2D eigenvalue weighted by Gasteiger charge is -2.24. The van der Waals surface area contributed by atoms with Gasteiger partial charge in [-0.05, 0) is 59.1 Å². The van der Waals surface area contributed by atoms with Gasteiger partial charge in [0, 0.05) is 6.54 Å². The van der Waals surface area contributed by atoms with E-state index in [0.29, 0.717) is 19.3 Å². The lowest BCUT2D eigenvalue weighted by molar-refractivity contribution is -0.142. The second-order valence-corrected chi connectivity index (χ2v) is 14.0.